The zero-order valence-electron chi connectivity index (χ0n) is 15.2. The largest absolute Gasteiger partial charge is 0.385 e. The van der Waals surface area contributed by atoms with Crippen LogP contribution in [0.1, 0.15) is 24.0 Å². The van der Waals surface area contributed by atoms with Crippen molar-refractivity contribution >= 4 is 5.82 Å². The average molecular weight is 374 g/mol. The Balaban J connectivity index is 1.50. The number of aromatic nitrogens is 2. The first-order chi connectivity index (χ1) is 13.6. The quantitative estimate of drug-likeness (QED) is 0.758. The van der Waals surface area contributed by atoms with Gasteiger partial charge in [-0.15, -0.1) is 0 Å². The molecule has 0 unspecified atom stereocenters. The van der Waals surface area contributed by atoms with Crippen molar-refractivity contribution in [3.05, 3.63) is 77.9 Å². The number of rotatable bonds is 3. The number of hydrogen-bond donors (Lipinski definition) is 1. The Bertz CT molecular complexity index is 1000. The van der Waals surface area contributed by atoms with Crippen LogP contribution in [0.5, 0.6) is 0 Å². The summed E-state index contributed by atoms with van der Waals surface area (Å²) < 4.78 is 13.2. The fourth-order valence-electron chi connectivity index (χ4n) is 3.52. The molecular weight excluding hydrogens is 355 g/mol. The van der Waals surface area contributed by atoms with Gasteiger partial charge in [-0.3, -0.25) is 4.98 Å². The van der Waals surface area contributed by atoms with Crippen molar-refractivity contribution in [3.8, 4) is 17.3 Å². The van der Waals surface area contributed by atoms with E-state index < -0.39 is 5.60 Å². The third-order valence-electron chi connectivity index (χ3n) is 5.23. The van der Waals surface area contributed by atoms with E-state index in [1.54, 1.807) is 36.7 Å². The minimum absolute atomic E-state index is 0.306. The van der Waals surface area contributed by atoms with E-state index in [1.165, 1.54) is 12.1 Å². The monoisotopic (exact) mass is 374 g/mol. The summed E-state index contributed by atoms with van der Waals surface area (Å²) in [5, 5.41) is 19.9. The molecule has 0 spiro atoms. The van der Waals surface area contributed by atoms with Crippen LogP contribution in [0, 0.1) is 17.1 Å². The summed E-state index contributed by atoms with van der Waals surface area (Å²) in [4.78, 5) is 11.1. The molecule has 1 fully saturated rings. The standard InChI is InChI=1S/C22H19FN4O/c23-19-7-5-18(6-8-19)22(28)9-11-27(12-10-22)21-15-25-14-20(26-21)17-3-1-16(13-24)2-4-17/h1-8,14-15,28H,9-12H2. The van der Waals surface area contributed by atoms with Gasteiger partial charge in [0.25, 0.3) is 0 Å². The van der Waals surface area contributed by atoms with Crippen molar-refractivity contribution in [1.29, 1.82) is 5.26 Å². The maximum atomic E-state index is 13.2. The Morgan fingerprint density at radius 1 is 1.00 bits per heavy atom. The maximum absolute atomic E-state index is 13.2. The van der Waals surface area contributed by atoms with Crippen molar-refractivity contribution in [1.82, 2.24) is 9.97 Å². The summed E-state index contributed by atoms with van der Waals surface area (Å²) in [6.45, 7) is 1.25. The molecule has 1 aliphatic heterocycles. The van der Waals surface area contributed by atoms with Gasteiger partial charge in [0.2, 0.25) is 0 Å². The zero-order chi connectivity index (χ0) is 19.6. The second kappa shape index (κ2) is 7.37. The molecule has 140 valence electrons. The van der Waals surface area contributed by atoms with Gasteiger partial charge in [0.05, 0.1) is 35.3 Å². The fraction of sp³-hybridized carbons (Fsp3) is 0.227. The molecule has 1 aliphatic rings. The molecule has 6 heteroatoms. The molecule has 28 heavy (non-hydrogen) atoms. The van der Waals surface area contributed by atoms with Crippen LogP contribution in [0.3, 0.4) is 0 Å². The molecule has 5 nitrogen and oxygen atoms in total. The number of piperidine rings is 1. The number of benzene rings is 2. The fourth-order valence-corrected chi connectivity index (χ4v) is 3.52. The summed E-state index contributed by atoms with van der Waals surface area (Å²) >= 11 is 0. The first-order valence-electron chi connectivity index (χ1n) is 9.13. The molecule has 0 atom stereocenters. The van der Waals surface area contributed by atoms with Gasteiger partial charge in [0.15, 0.2) is 0 Å². The Labute approximate surface area is 162 Å². The van der Waals surface area contributed by atoms with E-state index in [1.807, 2.05) is 12.1 Å². The molecule has 1 aromatic heterocycles. The molecule has 1 saturated heterocycles. The van der Waals surface area contributed by atoms with Crippen LogP contribution in [0.15, 0.2) is 60.9 Å². The highest BCUT2D eigenvalue weighted by molar-refractivity contribution is 5.61. The summed E-state index contributed by atoms with van der Waals surface area (Å²) in [5.41, 5.74) is 2.02. The second-order valence-corrected chi connectivity index (χ2v) is 6.98. The maximum Gasteiger partial charge on any atom is 0.147 e. The molecule has 1 N–H and O–H groups in total. The lowest BCUT2D eigenvalue weighted by Gasteiger charge is -2.39. The number of halogens is 1. The van der Waals surface area contributed by atoms with Gasteiger partial charge in [0.1, 0.15) is 11.6 Å². The van der Waals surface area contributed by atoms with E-state index in [4.69, 9.17) is 10.2 Å². The Morgan fingerprint density at radius 2 is 1.68 bits per heavy atom. The first-order valence-corrected chi connectivity index (χ1v) is 9.13. The van der Waals surface area contributed by atoms with Gasteiger partial charge >= 0.3 is 0 Å². The molecule has 2 aromatic carbocycles. The summed E-state index contributed by atoms with van der Waals surface area (Å²) in [6.07, 6.45) is 4.47. The van der Waals surface area contributed by atoms with E-state index in [-0.39, 0.29) is 5.82 Å². The van der Waals surface area contributed by atoms with Crippen molar-refractivity contribution in [2.75, 3.05) is 18.0 Å². The second-order valence-electron chi connectivity index (χ2n) is 6.98. The van der Waals surface area contributed by atoms with E-state index in [2.05, 4.69) is 16.0 Å². The Kier molecular flexibility index (Phi) is 4.76. The lowest BCUT2D eigenvalue weighted by molar-refractivity contribution is 0.0116. The normalized spacial score (nSPS) is 15.8. The molecular formula is C22H19FN4O. The van der Waals surface area contributed by atoms with Crippen LogP contribution in [0.2, 0.25) is 0 Å². The minimum atomic E-state index is -0.956. The molecule has 0 aliphatic carbocycles. The van der Waals surface area contributed by atoms with Gasteiger partial charge in [0, 0.05) is 18.7 Å². The third-order valence-corrected chi connectivity index (χ3v) is 5.23. The number of nitrogens with zero attached hydrogens (tertiary/aromatic N) is 4. The molecule has 2 heterocycles. The molecule has 0 saturated carbocycles. The minimum Gasteiger partial charge on any atom is -0.385 e. The highest BCUT2D eigenvalue weighted by Gasteiger charge is 2.34. The summed E-state index contributed by atoms with van der Waals surface area (Å²) in [7, 11) is 0. The van der Waals surface area contributed by atoms with Gasteiger partial charge in [-0.2, -0.15) is 5.26 Å². The highest BCUT2D eigenvalue weighted by atomic mass is 19.1. The van der Waals surface area contributed by atoms with E-state index in [9.17, 15) is 9.50 Å². The average Bonchev–Trinajstić information content (AvgIpc) is 2.75. The van der Waals surface area contributed by atoms with E-state index in [0.29, 0.717) is 31.5 Å². The first kappa shape index (κ1) is 18.1. The molecule has 3 aromatic rings. The molecule has 0 amide bonds. The van der Waals surface area contributed by atoms with Crippen LogP contribution in [-0.4, -0.2) is 28.2 Å². The molecule has 0 bridgehead atoms. The lowest BCUT2D eigenvalue weighted by atomic mass is 9.84. The van der Waals surface area contributed by atoms with Crippen molar-refractivity contribution < 1.29 is 9.50 Å². The number of aliphatic hydroxyl groups is 1. The van der Waals surface area contributed by atoms with Crippen LogP contribution >= 0.6 is 0 Å². The van der Waals surface area contributed by atoms with Crippen LogP contribution < -0.4 is 4.90 Å². The molecule has 0 radical (unpaired) electrons. The van der Waals surface area contributed by atoms with Gasteiger partial charge in [-0.05, 0) is 42.7 Å². The van der Waals surface area contributed by atoms with Gasteiger partial charge < -0.3 is 10.0 Å². The SMILES string of the molecule is N#Cc1ccc(-c2cncc(N3CCC(O)(c4ccc(F)cc4)CC3)n2)cc1. The number of hydrogen-bond acceptors (Lipinski definition) is 5. The van der Waals surface area contributed by atoms with E-state index >= 15 is 0 Å². The predicted octanol–water partition coefficient (Wildman–Crippen LogP) is 3.64. The Hall–Kier alpha value is -3.30. The van der Waals surface area contributed by atoms with Crippen LogP contribution in [-0.2, 0) is 5.60 Å². The smallest absolute Gasteiger partial charge is 0.147 e. The number of anilines is 1. The van der Waals surface area contributed by atoms with Crippen molar-refractivity contribution in [2.45, 2.75) is 18.4 Å². The zero-order valence-corrected chi connectivity index (χ0v) is 15.2. The highest BCUT2D eigenvalue weighted by Crippen LogP contribution is 2.34. The van der Waals surface area contributed by atoms with Gasteiger partial charge in [-0.1, -0.05) is 24.3 Å². The van der Waals surface area contributed by atoms with Crippen LogP contribution in [0.4, 0.5) is 10.2 Å². The molecule has 4 rings (SSSR count). The number of nitriles is 1. The van der Waals surface area contributed by atoms with Crippen molar-refractivity contribution in [2.24, 2.45) is 0 Å². The topological polar surface area (TPSA) is 73.0 Å². The van der Waals surface area contributed by atoms with Crippen molar-refractivity contribution in [3.63, 3.8) is 0 Å². The van der Waals surface area contributed by atoms with Gasteiger partial charge in [-0.25, -0.2) is 9.37 Å². The summed E-state index contributed by atoms with van der Waals surface area (Å²) in [6, 6.07) is 15.4. The Morgan fingerprint density at radius 3 is 2.32 bits per heavy atom. The summed E-state index contributed by atoms with van der Waals surface area (Å²) in [5.74, 6) is 0.447. The predicted molar refractivity (Wildman–Crippen MR) is 104 cm³/mol. The van der Waals surface area contributed by atoms with Crippen LogP contribution in [0.25, 0.3) is 11.3 Å². The van der Waals surface area contributed by atoms with E-state index in [0.717, 1.165) is 22.6 Å². The lowest BCUT2D eigenvalue weighted by Crippen LogP contribution is -2.43. The third kappa shape index (κ3) is 3.57.